The lowest BCUT2D eigenvalue weighted by Crippen LogP contribution is -2.46. The Hall–Kier alpha value is -1.70. The maximum Gasteiger partial charge on any atom is 0.243 e. The summed E-state index contributed by atoms with van der Waals surface area (Å²) in [5.74, 6) is 0.417. The number of nitrogens with zero attached hydrogens (tertiary/aromatic N) is 2. The number of hydrogen-bond donors (Lipinski definition) is 1. The van der Waals surface area contributed by atoms with E-state index in [1.165, 1.54) is 4.31 Å². The lowest BCUT2D eigenvalue weighted by atomic mass is 10.2. The number of nitrogen functional groups attached to an aromatic ring is 1. The highest BCUT2D eigenvalue weighted by Gasteiger charge is 2.31. The van der Waals surface area contributed by atoms with Gasteiger partial charge in [-0.05, 0) is 37.3 Å². The number of fused-ring (bicyclic) bond motifs is 1. The van der Waals surface area contributed by atoms with Crippen molar-refractivity contribution in [3.63, 3.8) is 0 Å². The number of morpholine rings is 1. The highest BCUT2D eigenvalue weighted by atomic mass is 32.2. The Bertz CT molecular complexity index is 776. The van der Waals surface area contributed by atoms with E-state index in [1.807, 2.05) is 6.92 Å². The fourth-order valence-corrected chi connectivity index (χ4v) is 4.12. The van der Waals surface area contributed by atoms with Gasteiger partial charge in [0.1, 0.15) is 5.82 Å². The van der Waals surface area contributed by atoms with Crippen molar-refractivity contribution in [2.24, 2.45) is 0 Å². The molecule has 1 aliphatic rings. The van der Waals surface area contributed by atoms with E-state index in [0.717, 1.165) is 5.39 Å². The molecule has 7 heteroatoms. The molecule has 2 heterocycles. The molecule has 21 heavy (non-hydrogen) atoms. The fourth-order valence-electron chi connectivity index (χ4n) is 2.48. The molecule has 0 radical (unpaired) electrons. The van der Waals surface area contributed by atoms with E-state index in [0.29, 0.717) is 31.1 Å². The monoisotopic (exact) mass is 307 g/mol. The molecule has 1 aromatic carbocycles. The molecule has 0 amide bonds. The first kappa shape index (κ1) is 14.2. The number of ether oxygens (including phenoxy) is 1. The largest absolute Gasteiger partial charge is 0.384 e. The number of aromatic nitrogens is 1. The van der Waals surface area contributed by atoms with Crippen LogP contribution in [0.5, 0.6) is 0 Å². The third-order valence-corrected chi connectivity index (χ3v) is 5.61. The summed E-state index contributed by atoms with van der Waals surface area (Å²) in [7, 11) is -3.52. The van der Waals surface area contributed by atoms with E-state index < -0.39 is 10.0 Å². The van der Waals surface area contributed by atoms with Gasteiger partial charge in [-0.15, -0.1) is 0 Å². The van der Waals surface area contributed by atoms with E-state index in [2.05, 4.69) is 4.98 Å². The van der Waals surface area contributed by atoms with Gasteiger partial charge >= 0.3 is 0 Å². The van der Waals surface area contributed by atoms with Crippen molar-refractivity contribution in [3.8, 4) is 0 Å². The van der Waals surface area contributed by atoms with Crippen molar-refractivity contribution in [2.75, 3.05) is 25.5 Å². The molecule has 0 spiro atoms. The zero-order valence-corrected chi connectivity index (χ0v) is 12.5. The summed E-state index contributed by atoms with van der Waals surface area (Å²) in [5.41, 5.74) is 6.32. The van der Waals surface area contributed by atoms with Crippen molar-refractivity contribution in [3.05, 3.63) is 30.3 Å². The minimum atomic E-state index is -3.52. The Balaban J connectivity index is 2.04. The molecule has 0 bridgehead atoms. The Morgan fingerprint density at radius 2 is 2.14 bits per heavy atom. The number of hydrogen-bond acceptors (Lipinski definition) is 5. The standard InChI is InChI=1S/C14H17N3O3S/c1-10-9-20-7-6-17(10)21(18,19)12-3-4-13-11(8-12)2-5-14(15)16-13/h2-5,8,10H,6-7,9H2,1H3,(H2,15,16). The predicted octanol–water partition coefficient (Wildman–Crippen LogP) is 1.23. The molecule has 0 saturated carbocycles. The molecule has 3 rings (SSSR count). The maximum atomic E-state index is 12.7. The topological polar surface area (TPSA) is 85.5 Å². The molecule has 1 fully saturated rings. The van der Waals surface area contributed by atoms with Gasteiger partial charge < -0.3 is 10.5 Å². The second-order valence-corrected chi connectivity index (χ2v) is 7.02. The molecule has 6 nitrogen and oxygen atoms in total. The van der Waals surface area contributed by atoms with Crippen LogP contribution < -0.4 is 5.73 Å². The molecule has 0 aliphatic carbocycles. The molecule has 1 atom stereocenters. The molecule has 2 aromatic rings. The third kappa shape index (κ3) is 2.59. The lowest BCUT2D eigenvalue weighted by molar-refractivity contribution is 0.0393. The maximum absolute atomic E-state index is 12.7. The number of pyridine rings is 1. The van der Waals surface area contributed by atoms with Crippen molar-refractivity contribution in [1.82, 2.24) is 9.29 Å². The molecule has 1 unspecified atom stereocenters. The van der Waals surface area contributed by atoms with E-state index in [9.17, 15) is 8.42 Å². The van der Waals surface area contributed by atoms with Crippen molar-refractivity contribution in [1.29, 1.82) is 0 Å². The quantitative estimate of drug-likeness (QED) is 0.902. The van der Waals surface area contributed by atoms with Crippen LogP contribution in [0, 0.1) is 0 Å². The second-order valence-electron chi connectivity index (χ2n) is 5.13. The first-order valence-corrected chi connectivity index (χ1v) is 8.18. The van der Waals surface area contributed by atoms with Gasteiger partial charge in [-0.1, -0.05) is 0 Å². The van der Waals surface area contributed by atoms with E-state index in [1.54, 1.807) is 30.3 Å². The smallest absolute Gasteiger partial charge is 0.243 e. The van der Waals surface area contributed by atoms with Gasteiger partial charge in [0.15, 0.2) is 0 Å². The van der Waals surface area contributed by atoms with Crippen molar-refractivity contribution < 1.29 is 13.2 Å². The van der Waals surface area contributed by atoms with Gasteiger partial charge in [-0.2, -0.15) is 4.31 Å². The zero-order valence-electron chi connectivity index (χ0n) is 11.7. The van der Waals surface area contributed by atoms with Gasteiger partial charge in [0.2, 0.25) is 10.0 Å². The Kier molecular flexibility index (Phi) is 3.56. The van der Waals surface area contributed by atoms with Crippen LogP contribution in [0.3, 0.4) is 0 Å². The van der Waals surface area contributed by atoms with Crippen LogP contribution in [0.15, 0.2) is 35.2 Å². The Labute approximate surface area is 123 Å². The molecular formula is C14H17N3O3S. The van der Waals surface area contributed by atoms with E-state index >= 15 is 0 Å². The van der Waals surface area contributed by atoms with Gasteiger partial charge in [0.25, 0.3) is 0 Å². The Morgan fingerprint density at radius 1 is 1.33 bits per heavy atom. The summed E-state index contributed by atoms with van der Waals surface area (Å²) in [4.78, 5) is 4.45. The first-order valence-electron chi connectivity index (χ1n) is 6.74. The van der Waals surface area contributed by atoms with Crippen LogP contribution in [0.25, 0.3) is 10.9 Å². The summed E-state index contributed by atoms with van der Waals surface area (Å²) in [5, 5.41) is 0.756. The number of anilines is 1. The first-order chi connectivity index (χ1) is 9.98. The van der Waals surface area contributed by atoms with Crippen LogP contribution in [0.1, 0.15) is 6.92 Å². The number of nitrogens with two attached hydrogens (primary N) is 1. The average Bonchev–Trinajstić information content (AvgIpc) is 2.47. The average molecular weight is 307 g/mol. The van der Waals surface area contributed by atoms with Gasteiger partial charge in [-0.25, -0.2) is 13.4 Å². The van der Waals surface area contributed by atoms with Crippen LogP contribution in [0.4, 0.5) is 5.82 Å². The minimum Gasteiger partial charge on any atom is -0.384 e. The molecule has 2 N–H and O–H groups in total. The molecule has 1 aliphatic heterocycles. The summed E-state index contributed by atoms with van der Waals surface area (Å²) < 4.78 is 32.3. The van der Waals surface area contributed by atoms with Gasteiger partial charge in [0, 0.05) is 18.0 Å². The predicted molar refractivity (Wildman–Crippen MR) is 80.3 cm³/mol. The number of rotatable bonds is 2. The molecule has 112 valence electrons. The summed E-state index contributed by atoms with van der Waals surface area (Å²) in [6.07, 6.45) is 0. The summed E-state index contributed by atoms with van der Waals surface area (Å²) >= 11 is 0. The normalized spacial score (nSPS) is 20.7. The number of benzene rings is 1. The lowest BCUT2D eigenvalue weighted by Gasteiger charge is -2.32. The van der Waals surface area contributed by atoms with Crippen LogP contribution in [-0.4, -0.2) is 43.5 Å². The van der Waals surface area contributed by atoms with Crippen LogP contribution in [0.2, 0.25) is 0 Å². The van der Waals surface area contributed by atoms with Crippen LogP contribution >= 0.6 is 0 Å². The molecular weight excluding hydrogens is 290 g/mol. The Morgan fingerprint density at radius 3 is 2.90 bits per heavy atom. The highest BCUT2D eigenvalue weighted by molar-refractivity contribution is 7.89. The SMILES string of the molecule is CC1COCCN1S(=O)(=O)c1ccc2nc(N)ccc2c1. The second kappa shape index (κ2) is 5.25. The molecule has 1 saturated heterocycles. The van der Waals surface area contributed by atoms with Crippen molar-refractivity contribution in [2.45, 2.75) is 17.9 Å². The fraction of sp³-hybridized carbons (Fsp3) is 0.357. The highest BCUT2D eigenvalue weighted by Crippen LogP contribution is 2.24. The number of sulfonamides is 1. The summed E-state index contributed by atoms with van der Waals surface area (Å²) in [6.45, 7) is 3.07. The van der Waals surface area contributed by atoms with E-state index in [4.69, 9.17) is 10.5 Å². The molecule has 1 aromatic heterocycles. The van der Waals surface area contributed by atoms with Crippen molar-refractivity contribution >= 4 is 26.7 Å². The zero-order chi connectivity index (χ0) is 15.0. The van der Waals surface area contributed by atoms with Gasteiger partial charge in [-0.3, -0.25) is 0 Å². The van der Waals surface area contributed by atoms with E-state index in [-0.39, 0.29) is 10.9 Å². The minimum absolute atomic E-state index is 0.163. The summed E-state index contributed by atoms with van der Waals surface area (Å²) in [6, 6.07) is 8.18. The van der Waals surface area contributed by atoms with Crippen LogP contribution in [-0.2, 0) is 14.8 Å². The van der Waals surface area contributed by atoms with Gasteiger partial charge in [0.05, 0.1) is 23.6 Å². The third-order valence-electron chi connectivity index (χ3n) is 3.60.